The Morgan fingerprint density at radius 1 is 0.893 bits per heavy atom. The molecule has 0 saturated heterocycles. The molecule has 0 aliphatic carbocycles. The summed E-state index contributed by atoms with van der Waals surface area (Å²) in [4.78, 5) is 12.5. The van der Waals surface area contributed by atoms with E-state index in [1.165, 1.54) is 12.1 Å². The summed E-state index contributed by atoms with van der Waals surface area (Å²) in [6, 6.07) is 22.8. The van der Waals surface area contributed by atoms with Gasteiger partial charge in [-0.05, 0) is 36.2 Å². The fourth-order valence-corrected chi connectivity index (χ4v) is 3.36. The molecule has 3 aromatic rings. The number of hydrogen-bond donors (Lipinski definition) is 3. The lowest BCUT2D eigenvalue weighted by Crippen LogP contribution is -2.31. The van der Waals surface area contributed by atoms with Gasteiger partial charge in [0, 0.05) is 5.56 Å². The van der Waals surface area contributed by atoms with E-state index in [-0.39, 0.29) is 17.0 Å². The number of rotatable bonds is 5. The van der Waals surface area contributed by atoms with Gasteiger partial charge in [0.25, 0.3) is 0 Å². The second-order valence-electron chi connectivity index (χ2n) is 6.35. The molecule has 0 aromatic heterocycles. The molecule has 7 heteroatoms. The smallest absolute Gasteiger partial charge is 0.319 e. The molecule has 0 heterocycles. The number of carbonyl (C=O) groups excluding carboxylic acids is 1. The first-order chi connectivity index (χ1) is 13.3. The zero-order chi connectivity index (χ0) is 20.1. The van der Waals surface area contributed by atoms with Gasteiger partial charge in [-0.3, -0.25) is 0 Å². The van der Waals surface area contributed by atoms with Gasteiger partial charge in [0.2, 0.25) is 10.0 Å². The predicted octanol–water partition coefficient (Wildman–Crippen LogP) is 3.88. The quantitative estimate of drug-likeness (QED) is 0.611. The third-order valence-electron chi connectivity index (χ3n) is 4.32. The van der Waals surface area contributed by atoms with Crippen LogP contribution in [0.25, 0.3) is 11.1 Å². The van der Waals surface area contributed by atoms with Gasteiger partial charge >= 0.3 is 6.03 Å². The van der Waals surface area contributed by atoms with E-state index in [4.69, 9.17) is 5.14 Å². The minimum Gasteiger partial charge on any atom is -0.331 e. The molecule has 1 atom stereocenters. The summed E-state index contributed by atoms with van der Waals surface area (Å²) in [7, 11) is -3.74. The molecule has 0 saturated carbocycles. The molecule has 0 aliphatic heterocycles. The van der Waals surface area contributed by atoms with Crippen molar-refractivity contribution in [2.45, 2.75) is 17.9 Å². The van der Waals surface area contributed by atoms with Crippen LogP contribution < -0.4 is 15.8 Å². The predicted molar refractivity (Wildman–Crippen MR) is 110 cm³/mol. The molecule has 3 rings (SSSR count). The van der Waals surface area contributed by atoms with Crippen LogP contribution in [-0.4, -0.2) is 14.4 Å². The van der Waals surface area contributed by atoms with Gasteiger partial charge in [-0.2, -0.15) is 0 Å². The maximum Gasteiger partial charge on any atom is 0.319 e. The highest BCUT2D eigenvalue weighted by Gasteiger charge is 2.13. The standard InChI is InChI=1S/C21H21N3O3S/c1-15(16-11-13-18(14-12-16)28(22,26)27)23-21(25)24-20-10-6-5-9-19(20)17-7-3-2-4-8-17/h2-15H,1H3,(H2,22,26,27)(H2,23,24,25). The lowest BCUT2D eigenvalue weighted by Gasteiger charge is -2.17. The van der Waals surface area contributed by atoms with Gasteiger partial charge in [-0.25, -0.2) is 18.4 Å². The molecular weight excluding hydrogens is 374 g/mol. The van der Waals surface area contributed by atoms with E-state index in [1.807, 2.05) is 61.5 Å². The number of anilines is 1. The zero-order valence-electron chi connectivity index (χ0n) is 15.3. The molecule has 144 valence electrons. The molecule has 4 N–H and O–H groups in total. The number of hydrogen-bond acceptors (Lipinski definition) is 3. The van der Waals surface area contributed by atoms with Crippen molar-refractivity contribution in [1.82, 2.24) is 5.32 Å². The van der Waals surface area contributed by atoms with E-state index in [1.54, 1.807) is 12.1 Å². The Hall–Kier alpha value is -3.16. The fourth-order valence-electron chi connectivity index (χ4n) is 2.85. The van der Waals surface area contributed by atoms with Crippen molar-refractivity contribution in [3.63, 3.8) is 0 Å². The normalized spacial score (nSPS) is 12.2. The van der Waals surface area contributed by atoms with E-state index in [0.717, 1.165) is 16.7 Å². The highest BCUT2D eigenvalue weighted by atomic mass is 32.2. The van der Waals surface area contributed by atoms with Gasteiger partial charge < -0.3 is 10.6 Å². The molecule has 0 fully saturated rings. The summed E-state index contributed by atoms with van der Waals surface area (Å²) in [5.74, 6) is 0. The molecular formula is C21H21N3O3S. The maximum atomic E-state index is 12.5. The molecule has 3 aromatic carbocycles. The fraction of sp³-hybridized carbons (Fsp3) is 0.0952. The Morgan fingerprint density at radius 2 is 1.50 bits per heavy atom. The molecule has 28 heavy (non-hydrogen) atoms. The van der Waals surface area contributed by atoms with Crippen LogP contribution in [0.1, 0.15) is 18.5 Å². The first kappa shape index (κ1) is 19.6. The summed E-state index contributed by atoms with van der Waals surface area (Å²) in [5, 5.41) is 10.8. The van der Waals surface area contributed by atoms with Crippen molar-refractivity contribution in [2.75, 3.05) is 5.32 Å². The van der Waals surface area contributed by atoms with Crippen molar-refractivity contribution in [2.24, 2.45) is 5.14 Å². The monoisotopic (exact) mass is 395 g/mol. The SMILES string of the molecule is CC(NC(=O)Nc1ccccc1-c1ccccc1)c1ccc(S(N)(=O)=O)cc1. The number of carbonyl (C=O) groups is 1. The summed E-state index contributed by atoms with van der Waals surface area (Å²) in [6.07, 6.45) is 0. The van der Waals surface area contributed by atoms with Crippen LogP contribution in [0.4, 0.5) is 10.5 Å². The number of nitrogens with one attached hydrogen (secondary N) is 2. The van der Waals surface area contributed by atoms with Crippen LogP contribution in [0.3, 0.4) is 0 Å². The number of urea groups is 1. The third kappa shape index (κ3) is 4.76. The van der Waals surface area contributed by atoms with E-state index in [0.29, 0.717) is 5.69 Å². The van der Waals surface area contributed by atoms with Crippen molar-refractivity contribution in [1.29, 1.82) is 0 Å². The number of amides is 2. The van der Waals surface area contributed by atoms with Gasteiger partial charge in [-0.1, -0.05) is 60.7 Å². The number of para-hydroxylation sites is 1. The van der Waals surface area contributed by atoms with Gasteiger partial charge in [0.1, 0.15) is 0 Å². The first-order valence-electron chi connectivity index (χ1n) is 8.69. The van der Waals surface area contributed by atoms with E-state index >= 15 is 0 Å². The van der Waals surface area contributed by atoms with Crippen LogP contribution in [0.2, 0.25) is 0 Å². The maximum absolute atomic E-state index is 12.5. The zero-order valence-corrected chi connectivity index (χ0v) is 16.1. The Labute approximate surface area is 164 Å². The topological polar surface area (TPSA) is 101 Å². The largest absolute Gasteiger partial charge is 0.331 e. The highest BCUT2D eigenvalue weighted by Crippen LogP contribution is 2.27. The number of sulfonamides is 1. The third-order valence-corrected chi connectivity index (χ3v) is 5.25. The average Bonchev–Trinajstić information content (AvgIpc) is 2.68. The molecule has 6 nitrogen and oxygen atoms in total. The summed E-state index contributed by atoms with van der Waals surface area (Å²) in [5.41, 5.74) is 3.38. The minimum atomic E-state index is -3.74. The minimum absolute atomic E-state index is 0.0321. The number of nitrogens with two attached hydrogens (primary N) is 1. The summed E-state index contributed by atoms with van der Waals surface area (Å²) >= 11 is 0. The average molecular weight is 395 g/mol. The van der Waals surface area contributed by atoms with Gasteiger partial charge in [0.05, 0.1) is 16.6 Å². The Bertz CT molecular complexity index is 1070. The summed E-state index contributed by atoms with van der Waals surface area (Å²) in [6.45, 7) is 1.81. The van der Waals surface area contributed by atoms with E-state index in [2.05, 4.69) is 10.6 Å². The highest BCUT2D eigenvalue weighted by molar-refractivity contribution is 7.89. The van der Waals surface area contributed by atoms with Crippen molar-refractivity contribution >= 4 is 21.7 Å². The second-order valence-corrected chi connectivity index (χ2v) is 7.91. The van der Waals surface area contributed by atoms with Crippen LogP contribution in [0, 0.1) is 0 Å². The van der Waals surface area contributed by atoms with Crippen LogP contribution >= 0.6 is 0 Å². The Balaban J connectivity index is 1.71. The lowest BCUT2D eigenvalue weighted by molar-refractivity contribution is 0.249. The molecule has 1 unspecified atom stereocenters. The molecule has 2 amide bonds. The molecule has 0 radical (unpaired) electrons. The molecule has 0 bridgehead atoms. The second kappa shape index (κ2) is 8.24. The van der Waals surface area contributed by atoms with Crippen LogP contribution in [0.15, 0.2) is 83.8 Å². The van der Waals surface area contributed by atoms with Crippen molar-refractivity contribution in [3.8, 4) is 11.1 Å². The number of primary sulfonamides is 1. The van der Waals surface area contributed by atoms with Gasteiger partial charge in [-0.15, -0.1) is 0 Å². The first-order valence-corrected chi connectivity index (χ1v) is 10.2. The van der Waals surface area contributed by atoms with Crippen molar-refractivity contribution in [3.05, 3.63) is 84.4 Å². The Kier molecular flexibility index (Phi) is 5.77. The van der Waals surface area contributed by atoms with Crippen LogP contribution in [0.5, 0.6) is 0 Å². The Morgan fingerprint density at radius 3 is 2.14 bits per heavy atom. The lowest BCUT2D eigenvalue weighted by atomic mass is 10.0. The molecule has 0 spiro atoms. The van der Waals surface area contributed by atoms with Crippen LogP contribution in [-0.2, 0) is 10.0 Å². The van der Waals surface area contributed by atoms with Crippen molar-refractivity contribution < 1.29 is 13.2 Å². The summed E-state index contributed by atoms with van der Waals surface area (Å²) < 4.78 is 22.7. The van der Waals surface area contributed by atoms with E-state index < -0.39 is 10.0 Å². The molecule has 0 aliphatic rings. The number of benzene rings is 3. The van der Waals surface area contributed by atoms with E-state index in [9.17, 15) is 13.2 Å². The van der Waals surface area contributed by atoms with Gasteiger partial charge in [0.15, 0.2) is 0 Å².